The molecule has 0 aromatic rings. The van der Waals surface area contributed by atoms with Crippen LogP contribution >= 0.6 is 0 Å². The van der Waals surface area contributed by atoms with Gasteiger partial charge in [0, 0.05) is 0 Å². The predicted octanol–water partition coefficient (Wildman–Crippen LogP) is 1.17. The standard InChI is InChI=1S/C7H10N2O2/c1-2-3-4-7(8-5-10)9-6-11/h7H,2-4H2,1H3. The van der Waals surface area contributed by atoms with E-state index in [1.165, 1.54) is 12.2 Å². The van der Waals surface area contributed by atoms with E-state index in [0.29, 0.717) is 6.42 Å². The van der Waals surface area contributed by atoms with Gasteiger partial charge in [0.2, 0.25) is 12.2 Å². The second-order valence-corrected chi connectivity index (χ2v) is 2.06. The van der Waals surface area contributed by atoms with Crippen LogP contribution in [0.1, 0.15) is 26.2 Å². The van der Waals surface area contributed by atoms with Crippen LogP contribution in [-0.2, 0) is 9.59 Å². The lowest BCUT2D eigenvalue weighted by atomic mass is 10.2. The van der Waals surface area contributed by atoms with E-state index in [2.05, 4.69) is 9.98 Å². The average Bonchev–Trinajstić information content (AvgIpc) is 2.01. The van der Waals surface area contributed by atoms with Gasteiger partial charge in [-0.1, -0.05) is 13.3 Å². The largest absolute Gasteiger partial charge is 0.237 e. The number of rotatable bonds is 5. The van der Waals surface area contributed by atoms with Crippen LogP contribution in [0.5, 0.6) is 0 Å². The summed E-state index contributed by atoms with van der Waals surface area (Å²) in [6, 6.07) is 0. The first-order valence-electron chi connectivity index (χ1n) is 3.49. The lowest BCUT2D eigenvalue weighted by Crippen LogP contribution is -1.98. The van der Waals surface area contributed by atoms with Crippen LogP contribution in [0.3, 0.4) is 0 Å². The molecule has 0 aromatic carbocycles. The van der Waals surface area contributed by atoms with Crippen molar-refractivity contribution in [3.05, 3.63) is 0 Å². The highest BCUT2D eigenvalue weighted by Crippen LogP contribution is 2.03. The van der Waals surface area contributed by atoms with Crippen LogP contribution in [0.15, 0.2) is 9.98 Å². The van der Waals surface area contributed by atoms with Crippen LogP contribution < -0.4 is 0 Å². The zero-order valence-corrected chi connectivity index (χ0v) is 6.41. The minimum absolute atomic E-state index is 0.565. The maximum Gasteiger partial charge on any atom is 0.237 e. The molecule has 0 atom stereocenters. The van der Waals surface area contributed by atoms with Gasteiger partial charge in [0.1, 0.15) is 0 Å². The molecule has 0 unspecified atom stereocenters. The Hall–Kier alpha value is -1.24. The molecular formula is C7H10N2O2. The Morgan fingerprint density at radius 2 is 1.82 bits per heavy atom. The average molecular weight is 154 g/mol. The molecule has 0 heterocycles. The summed E-state index contributed by atoms with van der Waals surface area (Å²) in [6.07, 6.45) is 4.65. The van der Waals surface area contributed by atoms with Gasteiger partial charge >= 0.3 is 0 Å². The second-order valence-electron chi connectivity index (χ2n) is 2.06. The van der Waals surface area contributed by atoms with E-state index < -0.39 is 6.17 Å². The van der Waals surface area contributed by atoms with Crippen molar-refractivity contribution in [2.75, 3.05) is 0 Å². The molecule has 0 spiro atoms. The van der Waals surface area contributed by atoms with Gasteiger partial charge in [0.25, 0.3) is 0 Å². The van der Waals surface area contributed by atoms with E-state index in [4.69, 9.17) is 0 Å². The number of aliphatic imine (C=N–C) groups is 2. The molecule has 0 radical (unpaired) electrons. The van der Waals surface area contributed by atoms with Crippen molar-refractivity contribution in [3.63, 3.8) is 0 Å². The Labute approximate surface area is 65.0 Å². The summed E-state index contributed by atoms with van der Waals surface area (Å²) >= 11 is 0. The highest BCUT2D eigenvalue weighted by atomic mass is 16.1. The number of isocyanates is 2. The van der Waals surface area contributed by atoms with Crippen LogP contribution in [-0.4, -0.2) is 18.3 Å². The Balaban J connectivity index is 3.88. The molecule has 0 aromatic heterocycles. The predicted molar refractivity (Wildman–Crippen MR) is 39.6 cm³/mol. The molecule has 0 saturated heterocycles. The molecule has 0 fully saturated rings. The third kappa shape index (κ3) is 5.22. The summed E-state index contributed by atoms with van der Waals surface area (Å²) in [5.41, 5.74) is 0. The first-order chi connectivity index (χ1) is 5.35. The zero-order chi connectivity index (χ0) is 8.53. The first-order valence-corrected chi connectivity index (χ1v) is 3.49. The molecule has 0 aliphatic heterocycles. The van der Waals surface area contributed by atoms with E-state index in [9.17, 15) is 9.59 Å². The molecule has 0 rings (SSSR count). The van der Waals surface area contributed by atoms with Crippen molar-refractivity contribution in [1.82, 2.24) is 0 Å². The minimum atomic E-state index is -0.565. The topological polar surface area (TPSA) is 58.9 Å². The molecule has 0 N–H and O–H groups in total. The quantitative estimate of drug-likeness (QED) is 0.441. The molecule has 0 amide bonds. The van der Waals surface area contributed by atoms with Gasteiger partial charge in [-0.05, 0) is 12.8 Å². The molecule has 4 heteroatoms. The second kappa shape index (κ2) is 6.87. The van der Waals surface area contributed by atoms with E-state index >= 15 is 0 Å². The Kier molecular flexibility index (Phi) is 6.10. The third-order valence-electron chi connectivity index (χ3n) is 1.22. The number of nitrogens with zero attached hydrogens (tertiary/aromatic N) is 2. The van der Waals surface area contributed by atoms with E-state index in [1.54, 1.807) is 0 Å². The van der Waals surface area contributed by atoms with Gasteiger partial charge in [0.05, 0.1) is 0 Å². The Morgan fingerprint density at radius 3 is 2.18 bits per heavy atom. The Bertz CT molecular complexity index is 173. The van der Waals surface area contributed by atoms with Gasteiger partial charge in [-0.3, -0.25) is 0 Å². The number of unbranched alkanes of at least 4 members (excludes halogenated alkanes) is 1. The first kappa shape index (κ1) is 9.76. The normalized spacial score (nSPS) is 11.0. The monoisotopic (exact) mass is 154 g/mol. The summed E-state index contributed by atoms with van der Waals surface area (Å²) in [4.78, 5) is 26.2. The van der Waals surface area contributed by atoms with Crippen molar-refractivity contribution >= 4 is 12.2 Å². The van der Waals surface area contributed by atoms with Gasteiger partial charge in [0.15, 0.2) is 6.17 Å². The van der Waals surface area contributed by atoms with E-state index in [1.807, 2.05) is 6.92 Å². The van der Waals surface area contributed by atoms with Gasteiger partial charge in [-0.25, -0.2) is 9.59 Å². The molecule has 0 aliphatic carbocycles. The maximum absolute atomic E-state index is 9.77. The fraction of sp³-hybridized carbons (Fsp3) is 0.714. The summed E-state index contributed by atoms with van der Waals surface area (Å²) < 4.78 is 0. The third-order valence-corrected chi connectivity index (χ3v) is 1.22. The van der Waals surface area contributed by atoms with Crippen molar-refractivity contribution in [3.8, 4) is 0 Å². The van der Waals surface area contributed by atoms with Crippen LogP contribution in [0.4, 0.5) is 0 Å². The molecule has 0 saturated carbocycles. The van der Waals surface area contributed by atoms with Crippen LogP contribution in [0.25, 0.3) is 0 Å². The molecular weight excluding hydrogens is 144 g/mol. The van der Waals surface area contributed by atoms with Gasteiger partial charge < -0.3 is 0 Å². The fourth-order valence-electron chi connectivity index (χ4n) is 0.666. The molecule has 0 aliphatic rings. The minimum Gasteiger partial charge on any atom is -0.211 e. The number of hydrogen-bond donors (Lipinski definition) is 0. The van der Waals surface area contributed by atoms with Gasteiger partial charge in [-0.15, -0.1) is 0 Å². The lowest BCUT2D eigenvalue weighted by Gasteiger charge is -1.98. The summed E-state index contributed by atoms with van der Waals surface area (Å²) in [7, 11) is 0. The Morgan fingerprint density at radius 1 is 1.27 bits per heavy atom. The maximum atomic E-state index is 9.77. The molecule has 0 bridgehead atoms. The van der Waals surface area contributed by atoms with Gasteiger partial charge in [-0.2, -0.15) is 9.98 Å². The smallest absolute Gasteiger partial charge is 0.211 e. The SMILES string of the molecule is CCCCC(N=C=O)N=C=O. The summed E-state index contributed by atoms with van der Waals surface area (Å²) in [6.45, 7) is 2.01. The zero-order valence-electron chi connectivity index (χ0n) is 6.41. The molecule has 4 nitrogen and oxygen atoms in total. The highest BCUT2D eigenvalue weighted by Gasteiger charge is 2.01. The van der Waals surface area contributed by atoms with E-state index in [-0.39, 0.29) is 0 Å². The van der Waals surface area contributed by atoms with E-state index in [0.717, 1.165) is 12.8 Å². The highest BCUT2D eigenvalue weighted by molar-refractivity contribution is 5.36. The van der Waals surface area contributed by atoms with Crippen molar-refractivity contribution in [2.45, 2.75) is 32.4 Å². The van der Waals surface area contributed by atoms with Crippen molar-refractivity contribution in [2.24, 2.45) is 9.98 Å². The van der Waals surface area contributed by atoms with Crippen LogP contribution in [0.2, 0.25) is 0 Å². The van der Waals surface area contributed by atoms with Crippen molar-refractivity contribution < 1.29 is 9.59 Å². The van der Waals surface area contributed by atoms with Crippen LogP contribution in [0, 0.1) is 0 Å². The summed E-state index contributed by atoms with van der Waals surface area (Å²) in [5, 5.41) is 0. The number of carbonyl (C=O) groups excluding carboxylic acids is 2. The van der Waals surface area contributed by atoms with Crippen molar-refractivity contribution in [1.29, 1.82) is 0 Å². The molecule has 11 heavy (non-hydrogen) atoms. The fourth-order valence-corrected chi connectivity index (χ4v) is 0.666. The molecule has 60 valence electrons. The summed E-state index contributed by atoms with van der Waals surface area (Å²) in [5.74, 6) is 0. The number of hydrogen-bond acceptors (Lipinski definition) is 4. The lowest BCUT2D eigenvalue weighted by molar-refractivity contribution is 0.535.